The predicted molar refractivity (Wildman–Crippen MR) is 82.2 cm³/mol. The summed E-state index contributed by atoms with van der Waals surface area (Å²) in [6.45, 7) is 4.47. The van der Waals surface area contributed by atoms with Crippen LogP contribution in [0.4, 0.5) is 5.69 Å². The van der Waals surface area contributed by atoms with Crippen LogP contribution in [0.3, 0.4) is 0 Å². The second-order valence-electron chi connectivity index (χ2n) is 5.71. The second kappa shape index (κ2) is 5.02. The fourth-order valence-electron chi connectivity index (χ4n) is 3.65. The molecule has 114 valence electrons. The third kappa shape index (κ3) is 1.78. The van der Waals surface area contributed by atoms with E-state index in [2.05, 4.69) is 10.6 Å². The zero-order chi connectivity index (χ0) is 16.0. The Balaban J connectivity index is 2.49. The molecule has 1 aliphatic rings. The first-order valence-corrected chi connectivity index (χ1v) is 7.25. The number of rotatable bonds is 2. The highest BCUT2D eigenvalue weighted by molar-refractivity contribution is 5.97. The highest BCUT2D eigenvalue weighted by Crippen LogP contribution is 2.45. The molecule has 22 heavy (non-hydrogen) atoms. The van der Waals surface area contributed by atoms with Crippen LogP contribution < -0.4 is 4.74 Å². The Morgan fingerprint density at radius 2 is 2.23 bits per heavy atom. The van der Waals surface area contributed by atoms with Gasteiger partial charge in [-0.15, -0.1) is 0 Å². The zero-order valence-corrected chi connectivity index (χ0v) is 12.8. The number of nitriles is 1. The Bertz CT molecular complexity index is 830. The van der Waals surface area contributed by atoms with Gasteiger partial charge in [0, 0.05) is 17.8 Å². The summed E-state index contributed by atoms with van der Waals surface area (Å²) in [5.41, 5.74) is 3.32. The zero-order valence-electron chi connectivity index (χ0n) is 12.8. The first-order valence-electron chi connectivity index (χ1n) is 7.25. The molecule has 2 aromatic rings. The van der Waals surface area contributed by atoms with E-state index < -0.39 is 0 Å². The Kier molecular flexibility index (Phi) is 3.28. The lowest BCUT2D eigenvalue weighted by Crippen LogP contribution is -2.14. The molecule has 1 unspecified atom stereocenters. The molecule has 0 amide bonds. The highest BCUT2D eigenvalue weighted by atomic mass is 16.6. The molecule has 6 heteroatoms. The number of fused-ring (bicyclic) bond motifs is 3. The highest BCUT2D eigenvalue weighted by Gasteiger charge is 2.32. The third-order valence-electron chi connectivity index (χ3n) is 4.51. The van der Waals surface area contributed by atoms with Gasteiger partial charge in [0.05, 0.1) is 34.9 Å². The van der Waals surface area contributed by atoms with Crippen molar-refractivity contribution in [3.63, 3.8) is 0 Å². The Morgan fingerprint density at radius 1 is 1.50 bits per heavy atom. The quantitative estimate of drug-likeness (QED) is 0.627. The molecule has 0 aliphatic carbocycles. The smallest absolute Gasteiger partial charge is 0.320 e. The molecule has 1 atom stereocenters. The number of ether oxygens (including phenoxy) is 1. The number of nitrogens with zero attached hydrogens (tertiary/aromatic N) is 3. The van der Waals surface area contributed by atoms with Crippen LogP contribution in [0.15, 0.2) is 6.07 Å². The summed E-state index contributed by atoms with van der Waals surface area (Å²) in [5, 5.41) is 21.6. The average molecular weight is 299 g/mol. The van der Waals surface area contributed by atoms with Gasteiger partial charge in [-0.2, -0.15) is 5.26 Å². The van der Waals surface area contributed by atoms with Crippen LogP contribution in [0, 0.1) is 35.3 Å². The Morgan fingerprint density at radius 3 is 2.82 bits per heavy atom. The maximum atomic E-state index is 11.6. The van der Waals surface area contributed by atoms with E-state index in [1.807, 2.05) is 19.9 Å². The maximum absolute atomic E-state index is 11.6. The number of nitro groups is 1. The van der Waals surface area contributed by atoms with Gasteiger partial charge in [-0.3, -0.25) is 10.1 Å². The molecule has 0 spiro atoms. The summed E-state index contributed by atoms with van der Waals surface area (Å²) < 4.78 is 7.34. The summed E-state index contributed by atoms with van der Waals surface area (Å²) in [4.78, 5) is 11.2. The fraction of sp³-hybridized carbons (Fsp3) is 0.438. The van der Waals surface area contributed by atoms with Gasteiger partial charge < -0.3 is 9.30 Å². The Hall–Kier alpha value is -2.55. The van der Waals surface area contributed by atoms with Crippen molar-refractivity contribution in [3.8, 4) is 11.8 Å². The van der Waals surface area contributed by atoms with Gasteiger partial charge in [0.2, 0.25) is 5.75 Å². The van der Waals surface area contributed by atoms with Crippen molar-refractivity contribution in [1.82, 2.24) is 4.57 Å². The summed E-state index contributed by atoms with van der Waals surface area (Å²) >= 11 is 0. The number of benzene rings is 1. The van der Waals surface area contributed by atoms with E-state index in [-0.39, 0.29) is 16.5 Å². The van der Waals surface area contributed by atoms with Crippen molar-refractivity contribution in [2.24, 2.45) is 0 Å². The average Bonchev–Trinajstić information content (AvgIpc) is 2.78. The van der Waals surface area contributed by atoms with Crippen LogP contribution in [0.1, 0.15) is 35.6 Å². The lowest BCUT2D eigenvalue weighted by atomic mass is 9.94. The normalized spacial score (nSPS) is 17.1. The van der Waals surface area contributed by atoms with Gasteiger partial charge in [-0.1, -0.05) is 0 Å². The largest absolute Gasteiger partial charge is 0.490 e. The maximum Gasteiger partial charge on any atom is 0.320 e. The van der Waals surface area contributed by atoms with Crippen molar-refractivity contribution >= 4 is 16.6 Å². The Labute approximate surface area is 128 Å². The standard InChI is InChI=1S/C16H17N3O3/c1-9-7-12-13(15(19(20)21)16(9)22-3)10(2)14-11(8-17)5-4-6-18(12)14/h7,11H,4-6H2,1-3H3. The molecular weight excluding hydrogens is 282 g/mol. The van der Waals surface area contributed by atoms with Crippen molar-refractivity contribution in [3.05, 3.63) is 33.0 Å². The number of hydrogen-bond acceptors (Lipinski definition) is 4. The van der Waals surface area contributed by atoms with E-state index in [1.54, 1.807) is 0 Å². The van der Waals surface area contributed by atoms with Crippen LogP contribution in [0.25, 0.3) is 10.9 Å². The van der Waals surface area contributed by atoms with E-state index >= 15 is 0 Å². The van der Waals surface area contributed by atoms with Gasteiger partial charge in [-0.05, 0) is 38.3 Å². The van der Waals surface area contributed by atoms with Crippen molar-refractivity contribution in [2.45, 2.75) is 39.2 Å². The lowest BCUT2D eigenvalue weighted by molar-refractivity contribution is -0.384. The monoisotopic (exact) mass is 299 g/mol. The molecule has 0 N–H and O–H groups in total. The van der Waals surface area contributed by atoms with Crippen molar-refractivity contribution < 1.29 is 9.66 Å². The minimum absolute atomic E-state index is 0.00795. The molecular formula is C16H17N3O3. The fourth-order valence-corrected chi connectivity index (χ4v) is 3.65. The van der Waals surface area contributed by atoms with E-state index in [0.29, 0.717) is 11.1 Å². The SMILES string of the molecule is COc1c(C)cc2c(c(C)c3n2CCCC3C#N)c1[N+](=O)[O-]. The van der Waals surface area contributed by atoms with E-state index in [0.717, 1.165) is 41.7 Å². The second-order valence-corrected chi connectivity index (χ2v) is 5.71. The van der Waals surface area contributed by atoms with Gasteiger partial charge in [0.25, 0.3) is 0 Å². The molecule has 0 saturated heterocycles. The van der Waals surface area contributed by atoms with Crippen molar-refractivity contribution in [1.29, 1.82) is 5.26 Å². The molecule has 0 bridgehead atoms. The minimum Gasteiger partial charge on any atom is -0.490 e. The topological polar surface area (TPSA) is 81.1 Å². The van der Waals surface area contributed by atoms with Gasteiger partial charge in [0.1, 0.15) is 0 Å². The van der Waals surface area contributed by atoms with E-state index in [9.17, 15) is 15.4 Å². The van der Waals surface area contributed by atoms with E-state index in [1.165, 1.54) is 7.11 Å². The molecule has 1 aliphatic heterocycles. The van der Waals surface area contributed by atoms with Crippen LogP contribution in [-0.2, 0) is 6.54 Å². The summed E-state index contributed by atoms with van der Waals surface area (Å²) in [7, 11) is 1.45. The summed E-state index contributed by atoms with van der Waals surface area (Å²) in [6.07, 6.45) is 1.71. The van der Waals surface area contributed by atoms with Gasteiger partial charge in [0.15, 0.2) is 0 Å². The number of aryl methyl sites for hydroxylation is 3. The molecule has 2 heterocycles. The van der Waals surface area contributed by atoms with Crippen LogP contribution >= 0.6 is 0 Å². The number of hydrogen-bond donors (Lipinski definition) is 0. The third-order valence-corrected chi connectivity index (χ3v) is 4.51. The van der Waals surface area contributed by atoms with Crippen LogP contribution in [0.5, 0.6) is 5.75 Å². The minimum atomic E-state index is -0.380. The van der Waals surface area contributed by atoms with Gasteiger partial charge in [-0.25, -0.2) is 0 Å². The molecule has 0 fully saturated rings. The molecule has 6 nitrogen and oxygen atoms in total. The lowest BCUT2D eigenvalue weighted by Gasteiger charge is -2.21. The first-order chi connectivity index (χ1) is 10.5. The van der Waals surface area contributed by atoms with Crippen molar-refractivity contribution in [2.75, 3.05) is 7.11 Å². The first kappa shape index (κ1) is 14.4. The molecule has 0 radical (unpaired) electrons. The summed E-state index contributed by atoms with van der Waals surface area (Å²) in [6, 6.07) is 4.26. The number of aromatic nitrogens is 1. The van der Waals surface area contributed by atoms with Gasteiger partial charge >= 0.3 is 5.69 Å². The van der Waals surface area contributed by atoms with Crippen LogP contribution in [-0.4, -0.2) is 16.6 Å². The molecule has 1 aromatic heterocycles. The molecule has 0 saturated carbocycles. The van der Waals surface area contributed by atoms with Crippen LogP contribution in [0.2, 0.25) is 0 Å². The molecule has 1 aromatic carbocycles. The summed E-state index contributed by atoms with van der Waals surface area (Å²) in [5.74, 6) is 0.101. The van der Waals surface area contributed by atoms with E-state index in [4.69, 9.17) is 4.74 Å². The predicted octanol–water partition coefficient (Wildman–Crippen LogP) is 3.58. The molecule has 3 rings (SSSR count). The number of methoxy groups -OCH3 is 1. The number of nitro benzene ring substituents is 1.